The zero-order valence-electron chi connectivity index (χ0n) is 6.26. The second-order valence-corrected chi connectivity index (χ2v) is 2.86. The lowest BCUT2D eigenvalue weighted by atomic mass is 10.1. The predicted molar refractivity (Wildman–Crippen MR) is 43.4 cm³/mol. The van der Waals surface area contributed by atoms with Crippen molar-refractivity contribution >= 4 is 12.6 Å². The highest BCUT2D eigenvalue weighted by Crippen LogP contribution is 2.32. The van der Waals surface area contributed by atoms with Crippen LogP contribution in [-0.4, -0.2) is 0 Å². The highest BCUT2D eigenvalue weighted by molar-refractivity contribution is 7.80. The van der Waals surface area contributed by atoms with Crippen molar-refractivity contribution in [2.45, 2.75) is 11.1 Å². The van der Waals surface area contributed by atoms with Crippen molar-refractivity contribution in [2.24, 2.45) is 0 Å². The van der Waals surface area contributed by atoms with Crippen LogP contribution in [0.3, 0.4) is 0 Å². The molecule has 0 aliphatic heterocycles. The van der Waals surface area contributed by atoms with E-state index >= 15 is 0 Å². The lowest BCUT2D eigenvalue weighted by Crippen LogP contribution is -2.07. The molecule has 5 heteroatoms. The van der Waals surface area contributed by atoms with E-state index in [4.69, 9.17) is 5.26 Å². The topological polar surface area (TPSA) is 23.8 Å². The zero-order chi connectivity index (χ0) is 10.1. The highest BCUT2D eigenvalue weighted by atomic mass is 32.1. The Morgan fingerprint density at radius 1 is 1.31 bits per heavy atom. The average Bonchev–Trinajstić information content (AvgIpc) is 2.01. The third-order valence-electron chi connectivity index (χ3n) is 1.43. The third kappa shape index (κ3) is 2.16. The van der Waals surface area contributed by atoms with Crippen LogP contribution >= 0.6 is 12.6 Å². The molecule has 0 radical (unpaired) electrons. The maximum Gasteiger partial charge on any atom is 0.417 e. The van der Waals surface area contributed by atoms with Crippen molar-refractivity contribution in [1.82, 2.24) is 0 Å². The fourth-order valence-corrected chi connectivity index (χ4v) is 1.08. The molecule has 0 amide bonds. The molecule has 0 N–H and O–H groups in total. The van der Waals surface area contributed by atoms with E-state index in [1.807, 2.05) is 0 Å². The summed E-state index contributed by atoms with van der Waals surface area (Å²) in [6.45, 7) is 0. The van der Waals surface area contributed by atoms with Crippen LogP contribution < -0.4 is 0 Å². The summed E-state index contributed by atoms with van der Waals surface area (Å²) in [5.74, 6) is 0. The number of alkyl halides is 3. The molecule has 0 atom stereocenters. The first kappa shape index (κ1) is 9.93. The summed E-state index contributed by atoms with van der Waals surface area (Å²) < 4.78 is 36.6. The van der Waals surface area contributed by atoms with E-state index in [-0.39, 0.29) is 0 Å². The van der Waals surface area contributed by atoms with Gasteiger partial charge in [-0.05, 0) is 18.2 Å². The minimum absolute atomic E-state index is 0.338. The quantitative estimate of drug-likeness (QED) is 0.644. The van der Waals surface area contributed by atoms with E-state index in [1.165, 1.54) is 12.1 Å². The summed E-state index contributed by atoms with van der Waals surface area (Å²) in [4.78, 5) is 0.338. The minimum atomic E-state index is -4.48. The average molecular weight is 203 g/mol. The van der Waals surface area contributed by atoms with Crippen LogP contribution in [0.5, 0.6) is 0 Å². The Morgan fingerprint density at radius 3 is 2.38 bits per heavy atom. The second-order valence-electron chi connectivity index (χ2n) is 2.34. The van der Waals surface area contributed by atoms with E-state index in [9.17, 15) is 13.2 Å². The van der Waals surface area contributed by atoms with Gasteiger partial charge < -0.3 is 0 Å². The van der Waals surface area contributed by atoms with Crippen molar-refractivity contribution in [2.75, 3.05) is 0 Å². The van der Waals surface area contributed by atoms with Crippen molar-refractivity contribution in [1.29, 1.82) is 5.26 Å². The standard InChI is InChI=1S/C8H4F3NS/c9-8(10,11)7-2-1-6(13)3-5(7)4-12/h1-3,13H. The van der Waals surface area contributed by atoms with Gasteiger partial charge in [0.05, 0.1) is 17.2 Å². The predicted octanol–water partition coefficient (Wildman–Crippen LogP) is 2.87. The van der Waals surface area contributed by atoms with Gasteiger partial charge in [0.2, 0.25) is 0 Å². The highest BCUT2D eigenvalue weighted by Gasteiger charge is 2.33. The Balaban J connectivity index is 3.32. The Labute approximate surface area is 78.2 Å². The second kappa shape index (κ2) is 3.30. The Morgan fingerprint density at radius 2 is 1.92 bits per heavy atom. The third-order valence-corrected chi connectivity index (χ3v) is 1.71. The van der Waals surface area contributed by atoms with Gasteiger partial charge >= 0.3 is 6.18 Å². The number of rotatable bonds is 0. The van der Waals surface area contributed by atoms with Gasteiger partial charge in [-0.1, -0.05) is 0 Å². The Bertz CT molecular complexity index is 365. The van der Waals surface area contributed by atoms with Crippen LogP contribution in [0.15, 0.2) is 23.1 Å². The van der Waals surface area contributed by atoms with Gasteiger partial charge in [-0.2, -0.15) is 18.4 Å². The van der Waals surface area contributed by atoms with Gasteiger partial charge in [-0.25, -0.2) is 0 Å². The number of nitrogens with zero attached hydrogens (tertiary/aromatic N) is 1. The van der Waals surface area contributed by atoms with Gasteiger partial charge in [0.1, 0.15) is 0 Å². The fraction of sp³-hybridized carbons (Fsp3) is 0.125. The number of hydrogen-bond donors (Lipinski definition) is 1. The molecule has 0 aliphatic carbocycles. The lowest BCUT2D eigenvalue weighted by Gasteiger charge is -2.08. The van der Waals surface area contributed by atoms with Crippen molar-refractivity contribution in [3.05, 3.63) is 29.3 Å². The molecule has 1 aromatic rings. The number of nitriles is 1. The van der Waals surface area contributed by atoms with Crippen LogP contribution in [0.1, 0.15) is 11.1 Å². The summed E-state index contributed by atoms with van der Waals surface area (Å²) in [6, 6.07) is 4.61. The summed E-state index contributed by atoms with van der Waals surface area (Å²) in [7, 11) is 0. The van der Waals surface area contributed by atoms with Crippen molar-refractivity contribution < 1.29 is 13.2 Å². The van der Waals surface area contributed by atoms with Gasteiger partial charge in [0.15, 0.2) is 0 Å². The normalized spacial score (nSPS) is 11.0. The molecule has 0 bridgehead atoms. The molecule has 0 spiro atoms. The molecule has 1 nitrogen and oxygen atoms in total. The van der Waals surface area contributed by atoms with E-state index in [1.54, 1.807) is 0 Å². The molecule has 0 aliphatic rings. The maximum absolute atomic E-state index is 12.2. The van der Waals surface area contributed by atoms with Crippen LogP contribution in [0, 0.1) is 11.3 Å². The van der Waals surface area contributed by atoms with Gasteiger partial charge in [0.25, 0.3) is 0 Å². The maximum atomic E-state index is 12.2. The van der Waals surface area contributed by atoms with Gasteiger partial charge in [0, 0.05) is 4.90 Å². The number of hydrogen-bond acceptors (Lipinski definition) is 2. The molecule has 1 aromatic carbocycles. The largest absolute Gasteiger partial charge is 0.417 e. The van der Waals surface area contributed by atoms with Gasteiger partial charge in [-0.3, -0.25) is 0 Å². The molecule has 0 heterocycles. The molecule has 68 valence electrons. The molecular weight excluding hydrogens is 199 g/mol. The van der Waals surface area contributed by atoms with Crippen molar-refractivity contribution in [3.63, 3.8) is 0 Å². The summed E-state index contributed by atoms with van der Waals surface area (Å²) in [6.07, 6.45) is -4.48. The monoisotopic (exact) mass is 203 g/mol. The number of halogens is 3. The molecule has 0 saturated heterocycles. The lowest BCUT2D eigenvalue weighted by molar-refractivity contribution is -0.137. The summed E-state index contributed by atoms with van der Waals surface area (Å²) >= 11 is 3.83. The number of benzene rings is 1. The Kier molecular flexibility index (Phi) is 2.52. The van der Waals surface area contributed by atoms with E-state index in [0.29, 0.717) is 4.90 Å². The van der Waals surface area contributed by atoms with E-state index < -0.39 is 17.3 Å². The zero-order valence-corrected chi connectivity index (χ0v) is 7.15. The Hall–Kier alpha value is -1.15. The first-order valence-electron chi connectivity index (χ1n) is 3.25. The van der Waals surface area contributed by atoms with Gasteiger partial charge in [-0.15, -0.1) is 12.6 Å². The molecule has 1 rings (SSSR count). The van der Waals surface area contributed by atoms with Crippen molar-refractivity contribution in [3.8, 4) is 6.07 Å². The van der Waals surface area contributed by atoms with Crippen LogP contribution in [0.2, 0.25) is 0 Å². The molecule has 0 unspecified atom stereocenters. The molecule has 0 aromatic heterocycles. The van der Waals surface area contributed by atoms with Crippen LogP contribution in [0.25, 0.3) is 0 Å². The molecule has 13 heavy (non-hydrogen) atoms. The molecular formula is C8H4F3NS. The fourth-order valence-electron chi connectivity index (χ4n) is 0.872. The van der Waals surface area contributed by atoms with E-state index in [0.717, 1.165) is 12.1 Å². The van der Waals surface area contributed by atoms with Crippen LogP contribution in [0.4, 0.5) is 13.2 Å². The minimum Gasteiger partial charge on any atom is -0.192 e. The smallest absolute Gasteiger partial charge is 0.192 e. The summed E-state index contributed by atoms with van der Waals surface area (Å²) in [5, 5.41) is 8.42. The van der Waals surface area contributed by atoms with E-state index in [2.05, 4.69) is 12.6 Å². The summed E-state index contributed by atoms with van der Waals surface area (Å²) in [5.41, 5.74) is -1.33. The number of thiol groups is 1. The molecule has 0 fully saturated rings. The van der Waals surface area contributed by atoms with Crippen LogP contribution in [-0.2, 0) is 6.18 Å². The first-order chi connectivity index (χ1) is 5.95. The SMILES string of the molecule is N#Cc1cc(S)ccc1C(F)(F)F. The first-order valence-corrected chi connectivity index (χ1v) is 3.70. The molecule has 0 saturated carbocycles.